The molecular weight excluding hydrogens is 384 g/mol. The number of pyridine rings is 1. The number of rotatable bonds is 6. The van der Waals surface area contributed by atoms with Crippen LogP contribution in [0.15, 0.2) is 18.2 Å². The van der Waals surface area contributed by atoms with E-state index in [1.165, 1.54) is 11.9 Å². The van der Waals surface area contributed by atoms with E-state index >= 15 is 0 Å². The zero-order chi connectivity index (χ0) is 21.1. The van der Waals surface area contributed by atoms with Crippen LogP contribution in [0.4, 0.5) is 9.59 Å². The summed E-state index contributed by atoms with van der Waals surface area (Å²) < 4.78 is 5.60. The second-order valence-corrected chi connectivity index (χ2v) is 7.63. The number of H-pyrrole nitrogens is 1. The van der Waals surface area contributed by atoms with Crippen molar-refractivity contribution in [1.29, 1.82) is 0 Å². The van der Waals surface area contributed by atoms with Gasteiger partial charge in [-0.05, 0) is 39.0 Å². The van der Waals surface area contributed by atoms with Crippen LogP contribution in [0.5, 0.6) is 0 Å². The Morgan fingerprint density at radius 1 is 1.43 bits per heavy atom. The Morgan fingerprint density at radius 2 is 2.11 bits per heavy atom. The molecule has 0 saturated heterocycles. The number of carbonyl (C=O) groups excluding carboxylic acids is 1. The Labute approximate surface area is 168 Å². The van der Waals surface area contributed by atoms with Gasteiger partial charge in [0.15, 0.2) is 0 Å². The molecule has 8 nitrogen and oxygen atoms in total. The highest BCUT2D eigenvalue weighted by molar-refractivity contribution is 6.29. The van der Waals surface area contributed by atoms with Crippen molar-refractivity contribution in [1.82, 2.24) is 20.2 Å². The summed E-state index contributed by atoms with van der Waals surface area (Å²) in [5.74, 6) is 2.36. The van der Waals surface area contributed by atoms with Gasteiger partial charge in [0.05, 0.1) is 23.1 Å². The van der Waals surface area contributed by atoms with Gasteiger partial charge < -0.3 is 25.0 Å². The van der Waals surface area contributed by atoms with E-state index < -0.39 is 23.3 Å². The zero-order valence-corrected chi connectivity index (χ0v) is 16.9. The van der Waals surface area contributed by atoms with Crippen LogP contribution in [0, 0.1) is 12.3 Å². The lowest BCUT2D eigenvalue weighted by Crippen LogP contribution is -2.63. The molecule has 1 atom stereocenters. The molecule has 0 aliphatic heterocycles. The summed E-state index contributed by atoms with van der Waals surface area (Å²) in [6.07, 6.45) is 3.56. The van der Waals surface area contributed by atoms with Gasteiger partial charge in [-0.1, -0.05) is 17.5 Å². The Hall–Kier alpha value is -2.92. The van der Waals surface area contributed by atoms with E-state index in [9.17, 15) is 14.7 Å². The monoisotopic (exact) mass is 406 g/mol. The van der Waals surface area contributed by atoms with Gasteiger partial charge in [0.1, 0.15) is 10.8 Å². The quantitative estimate of drug-likeness (QED) is 0.504. The number of halogens is 1. The minimum absolute atomic E-state index is 0.0758. The Morgan fingerprint density at radius 3 is 2.71 bits per heavy atom. The number of aromatic nitrogens is 2. The molecule has 0 bridgehead atoms. The largest absolute Gasteiger partial charge is 0.465 e. The van der Waals surface area contributed by atoms with Crippen LogP contribution < -0.4 is 5.32 Å². The number of aromatic amines is 1. The molecule has 0 saturated carbocycles. The first kappa shape index (κ1) is 21.4. The van der Waals surface area contributed by atoms with E-state index in [0.717, 1.165) is 5.52 Å². The van der Waals surface area contributed by atoms with Crippen molar-refractivity contribution in [3.63, 3.8) is 0 Å². The first-order valence-corrected chi connectivity index (χ1v) is 8.88. The molecule has 0 fully saturated rings. The smallest absolute Gasteiger partial charge is 0.410 e. The molecule has 0 aromatic carbocycles. The number of ether oxygens (including phenoxy) is 1. The highest BCUT2D eigenvalue weighted by atomic mass is 35.5. The fourth-order valence-electron chi connectivity index (χ4n) is 2.77. The summed E-state index contributed by atoms with van der Waals surface area (Å²) in [6, 6.07) is 5.23. The summed E-state index contributed by atoms with van der Waals surface area (Å²) in [4.78, 5) is 32.4. The number of nitrogens with zero attached hydrogens (tertiary/aromatic N) is 2. The highest BCUT2D eigenvalue weighted by Crippen LogP contribution is 2.31. The minimum Gasteiger partial charge on any atom is -0.465 e. The van der Waals surface area contributed by atoms with Crippen LogP contribution in [-0.4, -0.2) is 56.9 Å². The number of nitrogens with one attached hydrogen (secondary N) is 2. The van der Waals surface area contributed by atoms with Crippen molar-refractivity contribution in [2.75, 3.05) is 13.6 Å². The summed E-state index contributed by atoms with van der Waals surface area (Å²) in [5.41, 5.74) is -0.226. The van der Waals surface area contributed by atoms with E-state index in [0.29, 0.717) is 16.4 Å². The van der Waals surface area contributed by atoms with Crippen molar-refractivity contribution in [3.8, 4) is 12.3 Å². The molecule has 28 heavy (non-hydrogen) atoms. The molecule has 9 heteroatoms. The minimum atomic E-state index is -1.24. The highest BCUT2D eigenvalue weighted by Gasteiger charge is 2.46. The second-order valence-electron chi connectivity index (χ2n) is 7.24. The SMILES string of the molecule is C#CCN(C)C(=O)OC(C)(C)C(C)(Cc1cc2nc(Cl)ccc2[nH]1)NC(=O)O. The second kappa shape index (κ2) is 7.98. The van der Waals surface area contributed by atoms with Crippen LogP contribution in [0.3, 0.4) is 0 Å². The molecule has 1 unspecified atom stereocenters. The summed E-state index contributed by atoms with van der Waals surface area (Å²) >= 11 is 5.92. The van der Waals surface area contributed by atoms with Crippen molar-refractivity contribution < 1.29 is 19.4 Å². The number of carboxylic acid groups (broad SMARTS) is 1. The predicted octanol–water partition coefficient (Wildman–Crippen LogP) is 3.27. The van der Waals surface area contributed by atoms with Crippen LogP contribution in [-0.2, 0) is 11.2 Å². The zero-order valence-electron chi connectivity index (χ0n) is 16.2. The molecule has 0 aliphatic rings. The number of terminal acetylenes is 1. The molecule has 2 aromatic heterocycles. The fourth-order valence-corrected chi connectivity index (χ4v) is 2.92. The molecule has 3 N–H and O–H groups in total. The topological polar surface area (TPSA) is 108 Å². The van der Waals surface area contributed by atoms with Crippen LogP contribution in [0.1, 0.15) is 26.5 Å². The van der Waals surface area contributed by atoms with Crippen LogP contribution in [0.2, 0.25) is 5.15 Å². The maximum absolute atomic E-state index is 12.3. The maximum atomic E-state index is 12.3. The fraction of sp³-hybridized carbons (Fsp3) is 0.421. The van der Waals surface area contributed by atoms with Crippen LogP contribution in [0.25, 0.3) is 11.0 Å². The first-order valence-electron chi connectivity index (χ1n) is 8.50. The normalized spacial score (nSPS) is 13.4. The number of amides is 2. The Balaban J connectivity index is 2.34. The van der Waals surface area contributed by atoms with Gasteiger partial charge in [0, 0.05) is 19.2 Å². The average Bonchev–Trinajstić information content (AvgIpc) is 2.94. The number of hydrogen-bond donors (Lipinski definition) is 3. The van der Waals surface area contributed by atoms with E-state index in [1.54, 1.807) is 39.0 Å². The third kappa shape index (κ3) is 4.67. The third-order valence-electron chi connectivity index (χ3n) is 4.74. The summed E-state index contributed by atoms with van der Waals surface area (Å²) in [5, 5.41) is 12.2. The van der Waals surface area contributed by atoms with Gasteiger partial charge in [-0.15, -0.1) is 6.42 Å². The van der Waals surface area contributed by atoms with Crippen LogP contribution >= 0.6 is 11.6 Å². The lowest BCUT2D eigenvalue weighted by molar-refractivity contribution is -0.0396. The molecule has 150 valence electrons. The van der Waals surface area contributed by atoms with E-state index in [1.807, 2.05) is 0 Å². The number of hydrogen-bond acceptors (Lipinski definition) is 4. The number of carbonyl (C=O) groups is 2. The predicted molar refractivity (Wildman–Crippen MR) is 106 cm³/mol. The molecule has 2 heterocycles. The molecule has 0 aliphatic carbocycles. The summed E-state index contributed by atoms with van der Waals surface area (Å²) in [6.45, 7) is 5.03. The maximum Gasteiger partial charge on any atom is 0.410 e. The first-order chi connectivity index (χ1) is 13.0. The third-order valence-corrected chi connectivity index (χ3v) is 4.95. The molecule has 2 amide bonds. The van der Waals surface area contributed by atoms with Gasteiger partial charge in [0.25, 0.3) is 0 Å². The van der Waals surface area contributed by atoms with Crippen molar-refractivity contribution in [3.05, 3.63) is 29.0 Å². The lowest BCUT2D eigenvalue weighted by Gasteiger charge is -2.43. The van der Waals surface area contributed by atoms with Gasteiger partial charge in [-0.25, -0.2) is 14.6 Å². The molecule has 0 spiro atoms. The van der Waals surface area contributed by atoms with Gasteiger partial charge in [-0.3, -0.25) is 0 Å². The Bertz CT molecular complexity index is 934. The summed E-state index contributed by atoms with van der Waals surface area (Å²) in [7, 11) is 1.51. The molecule has 2 rings (SSSR count). The molecule has 0 radical (unpaired) electrons. The van der Waals surface area contributed by atoms with E-state index in [4.69, 9.17) is 22.8 Å². The lowest BCUT2D eigenvalue weighted by atomic mass is 9.80. The Kier molecular flexibility index (Phi) is 6.10. The van der Waals surface area contributed by atoms with Gasteiger partial charge >= 0.3 is 12.2 Å². The van der Waals surface area contributed by atoms with Crippen molar-refractivity contribution >= 4 is 34.8 Å². The van der Waals surface area contributed by atoms with Crippen molar-refractivity contribution in [2.45, 2.75) is 38.3 Å². The number of fused-ring (bicyclic) bond motifs is 1. The van der Waals surface area contributed by atoms with Gasteiger partial charge in [0.2, 0.25) is 0 Å². The van der Waals surface area contributed by atoms with Crippen molar-refractivity contribution in [2.24, 2.45) is 0 Å². The van der Waals surface area contributed by atoms with E-state index in [-0.39, 0.29) is 13.0 Å². The average molecular weight is 407 g/mol. The van der Waals surface area contributed by atoms with Gasteiger partial charge in [-0.2, -0.15) is 0 Å². The molecular formula is C19H23ClN4O4. The molecule has 2 aromatic rings. The van der Waals surface area contributed by atoms with E-state index in [2.05, 4.69) is 21.2 Å². The standard InChI is InChI=1S/C19H23ClN4O4/c1-6-9-24(5)17(27)28-18(2,3)19(4,23-16(25)26)11-12-10-14-13(21-12)7-8-15(20)22-14/h1,7-8,10,21,23H,9,11H2,2-5H3,(H,25,26).